The fourth-order valence-corrected chi connectivity index (χ4v) is 2.26. The van der Waals surface area contributed by atoms with E-state index in [0.29, 0.717) is 11.1 Å². The lowest BCUT2D eigenvalue weighted by molar-refractivity contribution is 0.0927. The lowest BCUT2D eigenvalue weighted by Gasteiger charge is -2.07. The van der Waals surface area contributed by atoms with Crippen LogP contribution in [0.3, 0.4) is 0 Å². The first-order valence-electron chi connectivity index (χ1n) is 6.18. The smallest absolute Gasteiger partial charge is 0.265 e. The van der Waals surface area contributed by atoms with Gasteiger partial charge in [0, 0.05) is 10.9 Å². The number of hydrogen-bond donors (Lipinski definition) is 1. The molecule has 0 spiro atoms. The van der Waals surface area contributed by atoms with Crippen LogP contribution < -0.4 is 5.73 Å². The Morgan fingerprint density at radius 1 is 0.900 bits per heavy atom. The Morgan fingerprint density at radius 3 is 2.25 bits per heavy atom. The first-order chi connectivity index (χ1) is 9.68. The molecule has 2 aromatic carbocycles. The van der Waals surface area contributed by atoms with Crippen molar-refractivity contribution in [1.29, 1.82) is 0 Å². The monoisotopic (exact) mass is 264 g/mol. The number of amides is 1. The number of fused-ring (bicyclic) bond motifs is 1. The van der Waals surface area contributed by atoms with Crippen molar-refractivity contribution in [2.75, 3.05) is 0 Å². The zero-order chi connectivity index (χ0) is 14.1. The van der Waals surface area contributed by atoms with E-state index in [0.717, 1.165) is 5.39 Å². The van der Waals surface area contributed by atoms with Crippen molar-refractivity contribution in [3.05, 3.63) is 71.9 Å². The average Bonchev–Trinajstić information content (AvgIpc) is 2.87. The topological polar surface area (TPSA) is 65.1 Å². The summed E-state index contributed by atoms with van der Waals surface area (Å²) in [4.78, 5) is 24.2. The molecule has 1 heterocycles. The average molecular weight is 264 g/mol. The van der Waals surface area contributed by atoms with E-state index in [9.17, 15) is 9.59 Å². The number of aromatic nitrogens is 1. The van der Waals surface area contributed by atoms with Crippen LogP contribution >= 0.6 is 0 Å². The van der Waals surface area contributed by atoms with Crippen LogP contribution in [0.4, 0.5) is 0 Å². The number of carbonyl (C=O) groups excluding carboxylic acids is 2. The number of nitrogens with zero attached hydrogens (tertiary/aromatic N) is 1. The molecule has 2 N–H and O–H groups in total. The lowest BCUT2D eigenvalue weighted by atomic mass is 10.2. The first-order valence-corrected chi connectivity index (χ1v) is 6.18. The predicted molar refractivity (Wildman–Crippen MR) is 76.6 cm³/mol. The molecule has 3 rings (SSSR count). The van der Waals surface area contributed by atoms with Crippen LogP contribution in [0.1, 0.15) is 20.8 Å². The third kappa shape index (κ3) is 1.87. The summed E-state index contributed by atoms with van der Waals surface area (Å²) in [7, 11) is 0. The highest BCUT2D eigenvalue weighted by atomic mass is 16.2. The molecule has 0 aliphatic heterocycles. The molecular weight excluding hydrogens is 252 g/mol. The summed E-state index contributed by atoms with van der Waals surface area (Å²) in [5, 5.41) is 0.811. The molecule has 1 amide bonds. The van der Waals surface area contributed by atoms with Gasteiger partial charge in [-0.3, -0.25) is 14.2 Å². The van der Waals surface area contributed by atoms with Crippen LogP contribution in [-0.2, 0) is 0 Å². The van der Waals surface area contributed by atoms with Crippen LogP contribution in [0, 0.1) is 0 Å². The highest BCUT2D eigenvalue weighted by Crippen LogP contribution is 2.21. The van der Waals surface area contributed by atoms with Gasteiger partial charge in [0.05, 0.1) is 5.52 Å². The van der Waals surface area contributed by atoms with Gasteiger partial charge in [0.15, 0.2) is 0 Å². The Hall–Kier alpha value is -2.88. The summed E-state index contributed by atoms with van der Waals surface area (Å²) in [6.45, 7) is 0. The van der Waals surface area contributed by atoms with Crippen molar-refractivity contribution in [3.63, 3.8) is 0 Å². The van der Waals surface area contributed by atoms with Gasteiger partial charge in [-0.1, -0.05) is 36.4 Å². The number of para-hydroxylation sites is 1. The number of primary amides is 1. The van der Waals surface area contributed by atoms with Gasteiger partial charge in [0.25, 0.3) is 11.8 Å². The summed E-state index contributed by atoms with van der Waals surface area (Å²) in [5.74, 6) is -0.883. The molecule has 0 saturated heterocycles. The summed E-state index contributed by atoms with van der Waals surface area (Å²) in [5.41, 5.74) is 6.76. The predicted octanol–water partition coefficient (Wildman–Crippen LogP) is 2.43. The van der Waals surface area contributed by atoms with E-state index in [4.69, 9.17) is 5.73 Å². The minimum Gasteiger partial charge on any atom is -0.364 e. The normalized spacial score (nSPS) is 10.6. The molecule has 0 bridgehead atoms. The Labute approximate surface area is 115 Å². The molecule has 20 heavy (non-hydrogen) atoms. The second kappa shape index (κ2) is 4.66. The zero-order valence-electron chi connectivity index (χ0n) is 10.6. The number of carbonyl (C=O) groups is 2. The Morgan fingerprint density at radius 2 is 1.55 bits per heavy atom. The van der Waals surface area contributed by atoms with Crippen LogP contribution in [0.25, 0.3) is 10.9 Å². The molecule has 98 valence electrons. The van der Waals surface area contributed by atoms with Crippen LogP contribution in [0.5, 0.6) is 0 Å². The largest absolute Gasteiger partial charge is 0.364 e. The van der Waals surface area contributed by atoms with Gasteiger partial charge in [-0.25, -0.2) is 0 Å². The minimum atomic E-state index is -0.620. The standard InChI is InChI=1S/C16H12N2O2/c17-15(19)14-10-12-8-4-5-9-13(12)18(14)16(20)11-6-2-1-3-7-11/h1-10H,(H2,17,19). The first kappa shape index (κ1) is 12.2. The number of rotatable bonds is 2. The van der Waals surface area contributed by atoms with Gasteiger partial charge in [-0.15, -0.1) is 0 Å². The fourth-order valence-electron chi connectivity index (χ4n) is 2.26. The highest BCUT2D eigenvalue weighted by molar-refractivity contribution is 6.09. The second-order valence-electron chi connectivity index (χ2n) is 4.46. The van der Waals surface area contributed by atoms with E-state index in [1.807, 2.05) is 24.3 Å². The molecule has 1 aromatic heterocycles. The van der Waals surface area contributed by atoms with Crippen molar-refractivity contribution in [2.45, 2.75) is 0 Å². The highest BCUT2D eigenvalue weighted by Gasteiger charge is 2.19. The molecule has 0 aliphatic rings. The van der Waals surface area contributed by atoms with Gasteiger partial charge in [-0.2, -0.15) is 0 Å². The van der Waals surface area contributed by atoms with Crippen LogP contribution in [-0.4, -0.2) is 16.4 Å². The number of benzene rings is 2. The summed E-state index contributed by atoms with van der Waals surface area (Å²) in [6.07, 6.45) is 0. The maximum absolute atomic E-state index is 12.6. The minimum absolute atomic E-state index is 0.194. The third-order valence-corrected chi connectivity index (χ3v) is 3.19. The van der Waals surface area contributed by atoms with E-state index in [-0.39, 0.29) is 11.6 Å². The van der Waals surface area contributed by atoms with Gasteiger partial charge in [-0.05, 0) is 24.3 Å². The third-order valence-electron chi connectivity index (χ3n) is 3.19. The molecular formula is C16H12N2O2. The van der Waals surface area contributed by atoms with Crippen molar-refractivity contribution in [3.8, 4) is 0 Å². The number of nitrogens with two attached hydrogens (primary N) is 1. The molecule has 0 saturated carbocycles. The lowest BCUT2D eigenvalue weighted by Crippen LogP contribution is -2.22. The molecule has 0 unspecified atom stereocenters. The Balaban J connectivity index is 2.27. The molecule has 0 atom stereocenters. The van der Waals surface area contributed by atoms with E-state index in [1.54, 1.807) is 36.4 Å². The van der Waals surface area contributed by atoms with Gasteiger partial charge < -0.3 is 5.73 Å². The van der Waals surface area contributed by atoms with Crippen LogP contribution in [0.2, 0.25) is 0 Å². The Kier molecular flexibility index (Phi) is 2.84. The molecule has 3 aromatic rings. The van der Waals surface area contributed by atoms with Crippen molar-refractivity contribution in [2.24, 2.45) is 5.73 Å². The van der Waals surface area contributed by atoms with Gasteiger partial charge in [0.1, 0.15) is 5.69 Å². The van der Waals surface area contributed by atoms with E-state index in [2.05, 4.69) is 0 Å². The quantitative estimate of drug-likeness (QED) is 0.772. The van der Waals surface area contributed by atoms with E-state index >= 15 is 0 Å². The maximum atomic E-state index is 12.6. The zero-order valence-corrected chi connectivity index (χ0v) is 10.6. The van der Waals surface area contributed by atoms with Gasteiger partial charge in [0.2, 0.25) is 0 Å². The summed E-state index contributed by atoms with van der Waals surface area (Å²) < 4.78 is 1.37. The van der Waals surface area contributed by atoms with Crippen molar-refractivity contribution < 1.29 is 9.59 Å². The van der Waals surface area contributed by atoms with Crippen LogP contribution in [0.15, 0.2) is 60.7 Å². The molecule has 4 nitrogen and oxygen atoms in total. The van der Waals surface area contributed by atoms with E-state index < -0.39 is 5.91 Å². The van der Waals surface area contributed by atoms with Crippen molar-refractivity contribution in [1.82, 2.24) is 4.57 Å². The summed E-state index contributed by atoms with van der Waals surface area (Å²) in [6, 6.07) is 17.8. The molecule has 0 fully saturated rings. The SMILES string of the molecule is NC(=O)c1cc2ccccc2n1C(=O)c1ccccc1. The molecule has 4 heteroatoms. The number of hydrogen-bond acceptors (Lipinski definition) is 2. The second-order valence-corrected chi connectivity index (χ2v) is 4.46. The molecule has 0 aliphatic carbocycles. The van der Waals surface area contributed by atoms with Crippen molar-refractivity contribution >= 4 is 22.7 Å². The van der Waals surface area contributed by atoms with Gasteiger partial charge >= 0.3 is 0 Å². The molecule has 0 radical (unpaired) electrons. The fraction of sp³-hybridized carbons (Fsp3) is 0. The maximum Gasteiger partial charge on any atom is 0.265 e. The van der Waals surface area contributed by atoms with E-state index in [1.165, 1.54) is 4.57 Å². The summed E-state index contributed by atoms with van der Waals surface area (Å²) >= 11 is 0. The Bertz CT molecular complexity index is 804.